The summed E-state index contributed by atoms with van der Waals surface area (Å²) in [6, 6.07) is 0.650. The highest BCUT2D eigenvalue weighted by Crippen LogP contribution is 2.12. The number of nitrogens with one attached hydrogen (secondary N) is 4. The average molecular weight is 504 g/mol. The van der Waals surface area contributed by atoms with Crippen LogP contribution < -0.4 is 27.4 Å². The molecule has 36 heavy (non-hydrogen) atoms. The summed E-state index contributed by atoms with van der Waals surface area (Å²) in [5.74, 6) is -4.73. The van der Waals surface area contributed by atoms with Crippen molar-refractivity contribution in [2.45, 2.75) is 50.4 Å². The average Bonchev–Trinajstić information content (AvgIpc) is 3.31. The zero-order chi connectivity index (χ0) is 26.8. The molecule has 2 rings (SSSR count). The lowest BCUT2D eigenvalue weighted by atomic mass is 10.0. The number of carboxylic acids is 1. The number of nitrogens with zero attached hydrogens (tertiary/aromatic N) is 1. The number of rotatable bonds is 13. The maximum Gasteiger partial charge on any atom is 0.326 e. The molecule has 0 fully saturated rings. The third kappa shape index (κ3) is 8.72. The third-order valence-electron chi connectivity index (χ3n) is 5.05. The molecule has 4 unspecified atom stereocenters. The zero-order valence-corrected chi connectivity index (χ0v) is 19.4. The monoisotopic (exact) mass is 503 g/mol. The van der Waals surface area contributed by atoms with Crippen molar-refractivity contribution < 1.29 is 34.2 Å². The number of carboxylic acid groups (broad SMARTS) is 1. The smallest absolute Gasteiger partial charge is 0.326 e. The van der Waals surface area contributed by atoms with Gasteiger partial charge in [0.2, 0.25) is 23.6 Å². The number of phenolic OH excluding ortho intramolecular Hbond substituents is 1. The molecule has 1 aromatic heterocycles. The van der Waals surface area contributed by atoms with E-state index in [9.17, 15) is 34.2 Å². The minimum Gasteiger partial charge on any atom is -0.508 e. The molecule has 2 aromatic rings. The zero-order valence-electron chi connectivity index (χ0n) is 19.4. The lowest BCUT2D eigenvalue weighted by Gasteiger charge is -2.24. The molecule has 14 nitrogen and oxygen atoms in total. The van der Waals surface area contributed by atoms with Gasteiger partial charge in [-0.3, -0.25) is 19.2 Å². The summed E-state index contributed by atoms with van der Waals surface area (Å²) in [6.07, 6.45) is 2.02. The lowest BCUT2D eigenvalue weighted by Crippen LogP contribution is -2.58. The summed E-state index contributed by atoms with van der Waals surface area (Å²) in [7, 11) is 0. The summed E-state index contributed by atoms with van der Waals surface area (Å²) in [5.41, 5.74) is 11.8. The van der Waals surface area contributed by atoms with Gasteiger partial charge in [0, 0.05) is 24.7 Å². The molecule has 0 saturated heterocycles. The van der Waals surface area contributed by atoms with E-state index < -0.39 is 60.2 Å². The molecule has 0 radical (unpaired) electrons. The lowest BCUT2D eigenvalue weighted by molar-refractivity contribution is -0.142. The number of carbonyl (C=O) groups excluding carboxylic acids is 4. The van der Waals surface area contributed by atoms with E-state index in [1.54, 1.807) is 0 Å². The Morgan fingerprint density at radius 3 is 2.06 bits per heavy atom. The van der Waals surface area contributed by atoms with Crippen molar-refractivity contribution in [3.63, 3.8) is 0 Å². The fourth-order valence-electron chi connectivity index (χ4n) is 3.15. The molecule has 0 aliphatic carbocycles. The molecule has 194 valence electrons. The van der Waals surface area contributed by atoms with Gasteiger partial charge < -0.3 is 42.6 Å². The van der Waals surface area contributed by atoms with Crippen LogP contribution in [0.3, 0.4) is 0 Å². The van der Waals surface area contributed by atoms with Crippen LogP contribution in [0.15, 0.2) is 36.8 Å². The van der Waals surface area contributed by atoms with Gasteiger partial charge >= 0.3 is 5.97 Å². The summed E-state index contributed by atoms with van der Waals surface area (Å²) < 4.78 is 0. The minimum atomic E-state index is -1.52. The van der Waals surface area contributed by atoms with Crippen LogP contribution in [0, 0.1) is 0 Å². The predicted molar refractivity (Wildman–Crippen MR) is 125 cm³/mol. The van der Waals surface area contributed by atoms with E-state index in [4.69, 9.17) is 11.5 Å². The molecule has 14 heteroatoms. The first-order chi connectivity index (χ1) is 17.0. The molecule has 0 aliphatic heterocycles. The van der Waals surface area contributed by atoms with Gasteiger partial charge in [-0.05, 0) is 24.6 Å². The van der Waals surface area contributed by atoms with Crippen molar-refractivity contribution in [3.05, 3.63) is 48.0 Å². The molecule has 0 spiro atoms. The van der Waals surface area contributed by atoms with Crippen LogP contribution in [-0.4, -0.2) is 73.9 Å². The topological polar surface area (TPSA) is 243 Å². The number of aromatic hydroxyl groups is 1. The highest BCUT2D eigenvalue weighted by molar-refractivity contribution is 5.96. The number of aromatic amines is 1. The van der Waals surface area contributed by atoms with Crippen LogP contribution in [-0.2, 0) is 36.8 Å². The molecule has 0 saturated carbocycles. The Hall–Kier alpha value is -4.46. The molecular weight excluding hydrogens is 474 g/mol. The number of carbonyl (C=O) groups is 5. The maximum absolute atomic E-state index is 13.0. The van der Waals surface area contributed by atoms with Crippen molar-refractivity contribution in [2.75, 3.05) is 0 Å². The number of amides is 4. The van der Waals surface area contributed by atoms with Gasteiger partial charge in [0.15, 0.2) is 0 Å². The van der Waals surface area contributed by atoms with Gasteiger partial charge in [-0.1, -0.05) is 12.1 Å². The number of primary amides is 1. The van der Waals surface area contributed by atoms with Crippen molar-refractivity contribution in [1.29, 1.82) is 0 Å². The highest BCUT2D eigenvalue weighted by atomic mass is 16.4. The van der Waals surface area contributed by atoms with E-state index in [2.05, 4.69) is 25.9 Å². The quantitative estimate of drug-likeness (QED) is 0.146. The van der Waals surface area contributed by atoms with Crippen LogP contribution in [0.4, 0.5) is 0 Å². The first kappa shape index (κ1) is 27.8. The Morgan fingerprint density at radius 1 is 0.944 bits per heavy atom. The van der Waals surface area contributed by atoms with Crippen LogP contribution in [0.5, 0.6) is 5.75 Å². The third-order valence-corrected chi connectivity index (χ3v) is 5.05. The Morgan fingerprint density at radius 2 is 1.53 bits per heavy atom. The first-order valence-electron chi connectivity index (χ1n) is 10.9. The largest absolute Gasteiger partial charge is 0.508 e. The fourth-order valence-corrected chi connectivity index (χ4v) is 3.15. The Balaban J connectivity index is 2.18. The number of benzene rings is 1. The normalized spacial score (nSPS) is 14.1. The number of phenols is 1. The predicted octanol–water partition coefficient (Wildman–Crippen LogP) is -2.34. The van der Waals surface area contributed by atoms with E-state index >= 15 is 0 Å². The standard InChI is InChI=1S/C22H29N7O7/c1-11(23)19(32)27-15(7-13-9-25-10-26-13)20(33)28-16(8-18(24)31)21(34)29-17(22(35)36)6-12-2-4-14(30)5-3-12/h2-5,9-11,15-17,30H,6-8,23H2,1H3,(H2,24,31)(H,25,26)(H,27,32)(H,28,33)(H,29,34)(H,35,36). The van der Waals surface area contributed by atoms with Crippen LogP contribution >= 0.6 is 0 Å². The number of imidazole rings is 1. The van der Waals surface area contributed by atoms with E-state index in [0.29, 0.717) is 11.3 Å². The van der Waals surface area contributed by atoms with Gasteiger partial charge in [0.05, 0.1) is 18.8 Å². The van der Waals surface area contributed by atoms with Crippen LogP contribution in [0.2, 0.25) is 0 Å². The Bertz CT molecular complexity index is 1070. The van der Waals surface area contributed by atoms with Crippen LogP contribution in [0.1, 0.15) is 24.6 Å². The Kier molecular flexibility index (Phi) is 9.92. The second-order valence-electron chi connectivity index (χ2n) is 8.13. The molecular formula is C22H29N7O7. The molecule has 1 aromatic carbocycles. The number of hydrogen-bond acceptors (Lipinski definition) is 8. The summed E-state index contributed by atoms with van der Waals surface area (Å²) in [4.78, 5) is 68.0. The van der Waals surface area contributed by atoms with Crippen molar-refractivity contribution in [1.82, 2.24) is 25.9 Å². The second kappa shape index (κ2) is 12.9. The summed E-state index contributed by atoms with van der Waals surface area (Å²) in [5, 5.41) is 26.0. The van der Waals surface area contributed by atoms with E-state index in [1.165, 1.54) is 43.7 Å². The summed E-state index contributed by atoms with van der Waals surface area (Å²) in [6.45, 7) is 1.42. The molecule has 4 atom stereocenters. The highest BCUT2D eigenvalue weighted by Gasteiger charge is 2.31. The molecule has 0 bridgehead atoms. The summed E-state index contributed by atoms with van der Waals surface area (Å²) >= 11 is 0. The number of aromatic nitrogens is 2. The van der Waals surface area contributed by atoms with Gasteiger partial charge in [-0.2, -0.15) is 0 Å². The maximum atomic E-state index is 13.0. The van der Waals surface area contributed by atoms with Gasteiger partial charge in [0.1, 0.15) is 23.9 Å². The minimum absolute atomic E-state index is 0.0142. The molecule has 10 N–H and O–H groups in total. The SMILES string of the molecule is CC(N)C(=O)NC(Cc1cnc[nH]1)C(=O)NC(CC(N)=O)C(=O)NC(Cc1ccc(O)cc1)C(=O)O. The van der Waals surface area contributed by atoms with Gasteiger partial charge in [-0.25, -0.2) is 9.78 Å². The van der Waals surface area contributed by atoms with E-state index in [0.717, 1.165) is 0 Å². The molecule has 4 amide bonds. The Labute approximate surface area is 205 Å². The van der Waals surface area contributed by atoms with Gasteiger partial charge in [0.25, 0.3) is 0 Å². The van der Waals surface area contributed by atoms with E-state index in [1.807, 2.05) is 0 Å². The van der Waals surface area contributed by atoms with Crippen molar-refractivity contribution >= 4 is 29.6 Å². The first-order valence-corrected chi connectivity index (χ1v) is 10.9. The number of H-pyrrole nitrogens is 1. The second-order valence-corrected chi connectivity index (χ2v) is 8.13. The van der Waals surface area contributed by atoms with E-state index in [-0.39, 0.29) is 18.6 Å². The molecule has 0 aliphatic rings. The van der Waals surface area contributed by atoms with Crippen LogP contribution in [0.25, 0.3) is 0 Å². The van der Waals surface area contributed by atoms with Crippen molar-refractivity contribution in [3.8, 4) is 5.75 Å². The number of aliphatic carboxylic acids is 1. The van der Waals surface area contributed by atoms with Gasteiger partial charge in [-0.15, -0.1) is 0 Å². The number of hydrogen-bond donors (Lipinski definition) is 8. The number of nitrogens with two attached hydrogens (primary N) is 2. The molecule has 1 heterocycles. The fraction of sp³-hybridized carbons (Fsp3) is 0.364. The van der Waals surface area contributed by atoms with Crippen molar-refractivity contribution in [2.24, 2.45) is 11.5 Å².